The number of sulfonamides is 1. The molecule has 27 heavy (non-hydrogen) atoms. The van der Waals surface area contributed by atoms with Crippen molar-refractivity contribution < 1.29 is 8.42 Å². The van der Waals surface area contributed by atoms with Crippen LogP contribution >= 0.6 is 0 Å². The maximum absolute atomic E-state index is 12.6. The van der Waals surface area contributed by atoms with Crippen LogP contribution in [0.2, 0.25) is 0 Å². The first kappa shape index (κ1) is 16.9. The number of hydrogen-bond donors (Lipinski definition) is 1. The van der Waals surface area contributed by atoms with Crippen LogP contribution in [0.25, 0.3) is 16.9 Å². The van der Waals surface area contributed by atoms with Crippen molar-refractivity contribution in [3.05, 3.63) is 79.6 Å². The summed E-state index contributed by atoms with van der Waals surface area (Å²) in [5.41, 5.74) is 1.95. The summed E-state index contributed by atoms with van der Waals surface area (Å²) < 4.78 is 29.1. The van der Waals surface area contributed by atoms with Crippen molar-refractivity contribution in [1.82, 2.24) is 24.7 Å². The van der Waals surface area contributed by atoms with Crippen LogP contribution in [0, 0.1) is 0 Å². The zero-order valence-corrected chi connectivity index (χ0v) is 14.8. The first-order chi connectivity index (χ1) is 13.1. The minimum atomic E-state index is -3.78. The van der Waals surface area contributed by atoms with Gasteiger partial charge in [-0.15, -0.1) is 0 Å². The molecule has 2 aromatic heterocycles. The van der Waals surface area contributed by atoms with Crippen molar-refractivity contribution >= 4 is 15.8 Å². The standard InChI is InChI=1S/C18H14N6O2S/c25-27(26,16-8-6-15(7-9-16)14-4-2-1-3-5-14)23-17-10-18(21-12-20-17)24-13-19-11-22-24/h1-13H,(H,20,21,23). The zero-order chi connectivity index (χ0) is 18.7. The predicted octanol–water partition coefficient (Wildman–Crippen LogP) is 2.53. The van der Waals surface area contributed by atoms with Crippen molar-refractivity contribution in [2.24, 2.45) is 0 Å². The fourth-order valence-electron chi connectivity index (χ4n) is 2.51. The molecule has 0 saturated carbocycles. The highest BCUT2D eigenvalue weighted by Crippen LogP contribution is 2.22. The average Bonchev–Trinajstić information content (AvgIpc) is 3.24. The first-order valence-corrected chi connectivity index (χ1v) is 9.45. The van der Waals surface area contributed by atoms with Gasteiger partial charge >= 0.3 is 0 Å². The van der Waals surface area contributed by atoms with Crippen LogP contribution in [-0.4, -0.2) is 33.2 Å². The lowest BCUT2D eigenvalue weighted by Crippen LogP contribution is -2.14. The second kappa shape index (κ2) is 6.96. The summed E-state index contributed by atoms with van der Waals surface area (Å²) in [5.74, 6) is 0.544. The van der Waals surface area contributed by atoms with E-state index in [1.807, 2.05) is 30.3 Å². The monoisotopic (exact) mass is 378 g/mol. The fourth-order valence-corrected chi connectivity index (χ4v) is 3.51. The molecule has 2 heterocycles. The summed E-state index contributed by atoms with van der Waals surface area (Å²) in [6.07, 6.45) is 4.08. The molecule has 4 rings (SSSR count). The van der Waals surface area contributed by atoms with Gasteiger partial charge in [-0.25, -0.2) is 28.1 Å². The third-order valence-corrected chi connectivity index (χ3v) is 5.19. The maximum atomic E-state index is 12.6. The molecule has 0 aliphatic rings. The Morgan fingerprint density at radius 2 is 1.59 bits per heavy atom. The third-order valence-electron chi connectivity index (χ3n) is 3.82. The van der Waals surface area contributed by atoms with Crippen molar-refractivity contribution in [3.63, 3.8) is 0 Å². The summed E-state index contributed by atoms with van der Waals surface area (Å²) in [7, 11) is -3.78. The molecule has 0 spiro atoms. The Labute approximate surface area is 155 Å². The van der Waals surface area contributed by atoms with E-state index in [1.165, 1.54) is 29.7 Å². The Hall–Kier alpha value is -3.59. The molecule has 1 N–H and O–H groups in total. The molecular formula is C18H14N6O2S. The lowest BCUT2D eigenvalue weighted by molar-refractivity contribution is 0.601. The van der Waals surface area contributed by atoms with Gasteiger partial charge in [0.25, 0.3) is 10.0 Å². The van der Waals surface area contributed by atoms with Gasteiger partial charge in [0.05, 0.1) is 4.90 Å². The number of rotatable bonds is 5. The Bertz CT molecular complexity index is 1140. The second-order valence-corrected chi connectivity index (χ2v) is 7.28. The van der Waals surface area contributed by atoms with E-state index in [1.54, 1.807) is 24.3 Å². The van der Waals surface area contributed by atoms with Crippen LogP contribution in [-0.2, 0) is 10.0 Å². The van der Waals surface area contributed by atoms with Gasteiger partial charge in [-0.1, -0.05) is 42.5 Å². The number of nitrogens with one attached hydrogen (secondary N) is 1. The van der Waals surface area contributed by atoms with Gasteiger partial charge in [-0.05, 0) is 23.3 Å². The summed E-state index contributed by atoms with van der Waals surface area (Å²) in [4.78, 5) is 12.0. The molecule has 4 aromatic rings. The van der Waals surface area contributed by atoms with Gasteiger partial charge in [0, 0.05) is 6.07 Å². The normalized spacial score (nSPS) is 11.3. The number of hydrogen-bond acceptors (Lipinski definition) is 6. The van der Waals surface area contributed by atoms with Crippen LogP contribution in [0.4, 0.5) is 5.82 Å². The molecule has 0 aliphatic carbocycles. The fraction of sp³-hybridized carbons (Fsp3) is 0. The van der Waals surface area contributed by atoms with Gasteiger partial charge < -0.3 is 0 Å². The molecule has 0 atom stereocenters. The predicted molar refractivity (Wildman–Crippen MR) is 99.6 cm³/mol. The minimum absolute atomic E-state index is 0.141. The SMILES string of the molecule is O=S(=O)(Nc1cc(-n2cncn2)ncn1)c1ccc(-c2ccccc2)cc1. The van der Waals surface area contributed by atoms with E-state index in [4.69, 9.17) is 0 Å². The molecule has 2 aromatic carbocycles. The Balaban J connectivity index is 1.58. The lowest BCUT2D eigenvalue weighted by atomic mass is 10.1. The lowest BCUT2D eigenvalue weighted by Gasteiger charge is -2.09. The van der Waals surface area contributed by atoms with Gasteiger partial charge in [-0.2, -0.15) is 5.10 Å². The van der Waals surface area contributed by atoms with Crippen molar-refractivity contribution in [2.75, 3.05) is 4.72 Å². The van der Waals surface area contributed by atoms with Crippen LogP contribution in [0.3, 0.4) is 0 Å². The van der Waals surface area contributed by atoms with Crippen LogP contribution in [0.5, 0.6) is 0 Å². The third kappa shape index (κ3) is 3.67. The quantitative estimate of drug-likeness (QED) is 0.572. The zero-order valence-electron chi connectivity index (χ0n) is 14.0. The highest BCUT2D eigenvalue weighted by atomic mass is 32.2. The minimum Gasteiger partial charge on any atom is -0.263 e. The van der Waals surface area contributed by atoms with E-state index in [9.17, 15) is 8.42 Å². The topological polar surface area (TPSA) is 103 Å². The second-order valence-electron chi connectivity index (χ2n) is 5.60. The largest absolute Gasteiger partial charge is 0.263 e. The van der Waals surface area contributed by atoms with Crippen LogP contribution in [0.1, 0.15) is 0 Å². The van der Waals surface area contributed by atoms with Gasteiger partial charge in [-0.3, -0.25) is 4.72 Å². The van der Waals surface area contributed by atoms with Crippen LogP contribution < -0.4 is 4.72 Å². The molecule has 0 radical (unpaired) electrons. The van der Waals surface area contributed by atoms with Gasteiger partial charge in [0.15, 0.2) is 5.82 Å². The number of nitrogens with zero attached hydrogens (tertiary/aromatic N) is 5. The molecule has 0 aliphatic heterocycles. The molecule has 0 saturated heterocycles. The summed E-state index contributed by atoms with van der Waals surface area (Å²) in [5, 5.41) is 3.96. The molecular weight excluding hydrogens is 364 g/mol. The van der Waals surface area contributed by atoms with Crippen molar-refractivity contribution in [3.8, 4) is 16.9 Å². The smallest absolute Gasteiger partial charge is 0.263 e. The van der Waals surface area contributed by atoms with E-state index in [-0.39, 0.29) is 10.7 Å². The van der Waals surface area contributed by atoms with Crippen molar-refractivity contribution in [1.29, 1.82) is 0 Å². The number of aromatic nitrogens is 5. The van der Waals surface area contributed by atoms with Gasteiger partial charge in [0.2, 0.25) is 0 Å². The molecule has 0 unspecified atom stereocenters. The first-order valence-electron chi connectivity index (χ1n) is 7.97. The summed E-state index contributed by atoms with van der Waals surface area (Å²) >= 11 is 0. The van der Waals surface area contributed by atoms with E-state index in [0.29, 0.717) is 5.82 Å². The summed E-state index contributed by atoms with van der Waals surface area (Å²) in [6, 6.07) is 17.9. The number of benzene rings is 2. The van der Waals surface area contributed by atoms with E-state index < -0.39 is 10.0 Å². The average molecular weight is 378 g/mol. The molecule has 0 bridgehead atoms. The Kier molecular flexibility index (Phi) is 4.35. The summed E-state index contributed by atoms with van der Waals surface area (Å²) in [6.45, 7) is 0. The van der Waals surface area contributed by atoms with E-state index in [2.05, 4.69) is 24.8 Å². The van der Waals surface area contributed by atoms with Crippen LogP contribution in [0.15, 0.2) is 84.5 Å². The van der Waals surface area contributed by atoms with E-state index in [0.717, 1.165) is 11.1 Å². The molecule has 0 fully saturated rings. The van der Waals surface area contributed by atoms with E-state index >= 15 is 0 Å². The molecule has 0 amide bonds. The molecule has 9 heteroatoms. The molecule has 134 valence electrons. The Morgan fingerprint density at radius 1 is 0.852 bits per heavy atom. The highest BCUT2D eigenvalue weighted by molar-refractivity contribution is 7.92. The molecule has 8 nitrogen and oxygen atoms in total. The van der Waals surface area contributed by atoms with Gasteiger partial charge in [0.1, 0.15) is 24.8 Å². The highest BCUT2D eigenvalue weighted by Gasteiger charge is 2.15. The number of anilines is 1. The maximum Gasteiger partial charge on any atom is 0.263 e. The Morgan fingerprint density at radius 3 is 2.30 bits per heavy atom. The van der Waals surface area contributed by atoms with Crippen molar-refractivity contribution in [2.45, 2.75) is 4.90 Å².